The minimum Gasteiger partial charge on any atom is -0.364 e. The highest BCUT2D eigenvalue weighted by atomic mass is 32.1. The van der Waals surface area contributed by atoms with Gasteiger partial charge in [-0.15, -0.1) is 0 Å². The third-order valence-electron chi connectivity index (χ3n) is 2.34. The van der Waals surface area contributed by atoms with Gasteiger partial charge < -0.3 is 20.0 Å². The van der Waals surface area contributed by atoms with Crippen molar-refractivity contribution in [2.24, 2.45) is 0 Å². The van der Waals surface area contributed by atoms with Gasteiger partial charge in [0.1, 0.15) is 18.2 Å². The number of nitro groups is 1. The highest BCUT2D eigenvalue weighted by molar-refractivity contribution is 7.15. The molecule has 0 saturated carbocycles. The summed E-state index contributed by atoms with van der Waals surface area (Å²) in [7, 11) is 0. The second-order valence-corrected chi connectivity index (χ2v) is 4.31. The van der Waals surface area contributed by atoms with Crippen molar-refractivity contribution in [3.63, 3.8) is 0 Å². The lowest BCUT2D eigenvalue weighted by Crippen LogP contribution is -2.03. The van der Waals surface area contributed by atoms with Crippen LogP contribution >= 0.6 is 11.3 Å². The predicted molar refractivity (Wildman–Crippen MR) is 63.6 cm³/mol. The first-order valence-electron chi connectivity index (χ1n) is 4.99. The van der Waals surface area contributed by atoms with E-state index in [-0.39, 0.29) is 11.6 Å². The van der Waals surface area contributed by atoms with Crippen molar-refractivity contribution in [3.8, 4) is 0 Å². The van der Waals surface area contributed by atoms with Crippen LogP contribution in [0.2, 0.25) is 0 Å². The summed E-state index contributed by atoms with van der Waals surface area (Å²) >= 11 is 1.34. The Labute approximate surface area is 104 Å². The number of anilines is 1. The molecule has 3 aromatic heterocycles. The summed E-state index contributed by atoms with van der Waals surface area (Å²) in [5, 5.41) is 19.4. The molecule has 0 aliphatic heterocycles. The number of hydrogen-bond acceptors (Lipinski definition) is 7. The summed E-state index contributed by atoms with van der Waals surface area (Å²) in [5.74, 6) is 0.157. The molecule has 0 saturated heterocycles. The van der Waals surface area contributed by atoms with Gasteiger partial charge in [-0.2, -0.15) is 9.38 Å². The van der Waals surface area contributed by atoms with E-state index in [1.807, 2.05) is 0 Å². The van der Waals surface area contributed by atoms with Crippen molar-refractivity contribution in [3.05, 3.63) is 39.7 Å². The standard InChI is InChI=1S/C9H7N5O3S/c15-14(16)8-7(10-5-6-1-3-17-12-6)11-9-13(8)2-4-18-9/h1-4,10H,5H2. The molecule has 0 amide bonds. The third kappa shape index (κ3) is 1.70. The Kier molecular flexibility index (Phi) is 2.45. The molecule has 1 N–H and O–H groups in total. The topological polar surface area (TPSA) is 98.5 Å². The van der Waals surface area contributed by atoms with E-state index in [0.29, 0.717) is 17.2 Å². The molecular formula is C9H7N5O3S. The number of nitrogens with zero attached hydrogens (tertiary/aromatic N) is 4. The zero-order valence-electron chi connectivity index (χ0n) is 8.94. The number of imidazole rings is 1. The van der Waals surface area contributed by atoms with Gasteiger partial charge in [0.15, 0.2) is 0 Å². The van der Waals surface area contributed by atoms with Gasteiger partial charge >= 0.3 is 5.82 Å². The summed E-state index contributed by atoms with van der Waals surface area (Å²) in [4.78, 5) is 15.3. The molecule has 18 heavy (non-hydrogen) atoms. The van der Waals surface area contributed by atoms with E-state index in [0.717, 1.165) is 0 Å². The minimum atomic E-state index is -0.460. The van der Waals surface area contributed by atoms with Gasteiger partial charge in [0, 0.05) is 11.4 Å². The molecule has 8 nitrogen and oxygen atoms in total. The lowest BCUT2D eigenvalue weighted by Gasteiger charge is -1.99. The average molecular weight is 265 g/mol. The Morgan fingerprint density at radius 3 is 3.22 bits per heavy atom. The van der Waals surface area contributed by atoms with Crippen LogP contribution in [0.25, 0.3) is 4.96 Å². The Bertz CT molecular complexity index is 686. The SMILES string of the molecule is O=[N+]([O-])c1c(NCc2ccon2)nc2sccn12. The van der Waals surface area contributed by atoms with Crippen LogP contribution in [0.3, 0.4) is 0 Å². The molecule has 9 heteroatoms. The number of hydrogen-bond donors (Lipinski definition) is 1. The molecule has 0 aromatic carbocycles. The fourth-order valence-electron chi connectivity index (χ4n) is 1.57. The van der Waals surface area contributed by atoms with E-state index >= 15 is 0 Å². The van der Waals surface area contributed by atoms with Gasteiger partial charge in [0.2, 0.25) is 5.82 Å². The van der Waals surface area contributed by atoms with Crippen molar-refractivity contribution < 1.29 is 9.45 Å². The number of fused-ring (bicyclic) bond motifs is 1. The largest absolute Gasteiger partial charge is 0.372 e. The summed E-state index contributed by atoms with van der Waals surface area (Å²) in [6, 6.07) is 1.68. The highest BCUT2D eigenvalue weighted by Crippen LogP contribution is 2.28. The van der Waals surface area contributed by atoms with E-state index in [1.165, 1.54) is 22.0 Å². The third-order valence-corrected chi connectivity index (χ3v) is 3.09. The molecule has 0 unspecified atom stereocenters. The molecule has 0 bridgehead atoms. The Balaban J connectivity index is 1.93. The van der Waals surface area contributed by atoms with Crippen LogP contribution in [0.15, 0.2) is 28.4 Å². The molecule has 0 atom stereocenters. The summed E-state index contributed by atoms with van der Waals surface area (Å²) in [6.07, 6.45) is 3.06. The first-order valence-corrected chi connectivity index (χ1v) is 5.87. The predicted octanol–water partition coefficient (Wildman–Crippen LogP) is 1.90. The summed E-state index contributed by atoms with van der Waals surface area (Å²) < 4.78 is 6.12. The van der Waals surface area contributed by atoms with Crippen LogP contribution in [0.5, 0.6) is 0 Å². The van der Waals surface area contributed by atoms with Crippen molar-refractivity contribution in [2.75, 3.05) is 5.32 Å². The van der Waals surface area contributed by atoms with Gasteiger partial charge in [-0.25, -0.2) is 0 Å². The Hall–Kier alpha value is -2.42. The van der Waals surface area contributed by atoms with Crippen LogP contribution < -0.4 is 5.32 Å². The van der Waals surface area contributed by atoms with E-state index in [4.69, 9.17) is 0 Å². The molecule has 3 heterocycles. The first-order chi connectivity index (χ1) is 8.75. The molecule has 0 aliphatic carbocycles. The van der Waals surface area contributed by atoms with Gasteiger partial charge in [0.25, 0.3) is 4.96 Å². The number of nitrogens with one attached hydrogen (secondary N) is 1. The van der Waals surface area contributed by atoms with Crippen LogP contribution in [-0.2, 0) is 6.54 Å². The van der Waals surface area contributed by atoms with Crippen molar-refractivity contribution in [1.29, 1.82) is 0 Å². The van der Waals surface area contributed by atoms with Crippen LogP contribution in [-0.4, -0.2) is 19.5 Å². The zero-order valence-corrected chi connectivity index (χ0v) is 9.75. The minimum absolute atomic E-state index is 0.0743. The monoisotopic (exact) mass is 265 g/mol. The second kappa shape index (κ2) is 4.11. The van der Waals surface area contributed by atoms with Crippen molar-refractivity contribution in [2.45, 2.75) is 6.54 Å². The molecule has 0 fully saturated rings. The first kappa shape index (κ1) is 10.7. The highest BCUT2D eigenvalue weighted by Gasteiger charge is 2.23. The maximum atomic E-state index is 11.0. The lowest BCUT2D eigenvalue weighted by molar-refractivity contribution is -0.389. The van der Waals surface area contributed by atoms with E-state index in [2.05, 4.69) is 20.0 Å². The molecule has 3 aromatic rings. The van der Waals surface area contributed by atoms with E-state index in [9.17, 15) is 10.1 Å². The van der Waals surface area contributed by atoms with E-state index in [1.54, 1.807) is 17.6 Å². The zero-order chi connectivity index (χ0) is 12.5. The number of thiazole rings is 1. The molecular weight excluding hydrogens is 258 g/mol. The lowest BCUT2D eigenvalue weighted by atomic mass is 10.4. The maximum Gasteiger partial charge on any atom is 0.372 e. The smallest absolute Gasteiger partial charge is 0.364 e. The quantitative estimate of drug-likeness (QED) is 0.571. The van der Waals surface area contributed by atoms with Crippen LogP contribution in [0.1, 0.15) is 5.69 Å². The molecule has 0 spiro atoms. The Morgan fingerprint density at radius 1 is 1.61 bits per heavy atom. The Morgan fingerprint density at radius 2 is 2.50 bits per heavy atom. The number of rotatable bonds is 4. The van der Waals surface area contributed by atoms with Gasteiger partial charge in [-0.3, -0.25) is 0 Å². The van der Waals surface area contributed by atoms with Crippen molar-refractivity contribution in [1.82, 2.24) is 14.5 Å². The van der Waals surface area contributed by atoms with Crippen molar-refractivity contribution >= 4 is 27.9 Å². The van der Waals surface area contributed by atoms with Crippen LogP contribution in [0, 0.1) is 10.1 Å². The molecule has 92 valence electrons. The molecule has 3 rings (SSSR count). The molecule has 0 aliphatic rings. The normalized spacial score (nSPS) is 10.9. The van der Waals surface area contributed by atoms with Crippen LogP contribution in [0.4, 0.5) is 11.6 Å². The summed E-state index contributed by atoms with van der Waals surface area (Å²) in [6.45, 7) is 0.322. The van der Waals surface area contributed by atoms with Gasteiger partial charge in [-0.1, -0.05) is 16.5 Å². The van der Waals surface area contributed by atoms with Gasteiger partial charge in [-0.05, 0) is 4.92 Å². The fourth-order valence-corrected chi connectivity index (χ4v) is 2.28. The molecule has 0 radical (unpaired) electrons. The van der Waals surface area contributed by atoms with Gasteiger partial charge in [0.05, 0.1) is 6.54 Å². The average Bonchev–Trinajstić information content (AvgIpc) is 3.01. The number of aromatic nitrogens is 3. The second-order valence-electron chi connectivity index (χ2n) is 3.44. The maximum absolute atomic E-state index is 11.0. The summed E-state index contributed by atoms with van der Waals surface area (Å²) in [5.41, 5.74) is 0.653. The fraction of sp³-hybridized carbons (Fsp3) is 0.111. The van der Waals surface area contributed by atoms with E-state index < -0.39 is 4.92 Å².